The SMILES string of the molecule is CC[C@@]1(C)NC(=O)N(NC(=O)CSc2nnc(N3CCCC3)n2-c2ccc(C)cc2)C1=O. The van der Waals surface area contributed by atoms with Gasteiger partial charge in [0.05, 0.1) is 11.4 Å². The van der Waals surface area contributed by atoms with E-state index in [1.165, 1.54) is 11.8 Å². The molecule has 2 aliphatic heterocycles. The van der Waals surface area contributed by atoms with Gasteiger partial charge in [-0.05, 0) is 45.2 Å². The van der Waals surface area contributed by atoms with Crippen LogP contribution in [0, 0.1) is 6.92 Å². The highest BCUT2D eigenvalue weighted by Gasteiger charge is 2.47. The van der Waals surface area contributed by atoms with Gasteiger partial charge >= 0.3 is 6.03 Å². The number of anilines is 1. The molecular formula is C21H27N7O3S. The number of rotatable bonds is 7. The van der Waals surface area contributed by atoms with Crippen LogP contribution in [0.1, 0.15) is 38.7 Å². The maximum absolute atomic E-state index is 12.5. The Morgan fingerprint density at radius 1 is 1.19 bits per heavy atom. The van der Waals surface area contributed by atoms with Gasteiger partial charge in [0.2, 0.25) is 11.9 Å². The van der Waals surface area contributed by atoms with Crippen LogP contribution in [0.15, 0.2) is 29.4 Å². The summed E-state index contributed by atoms with van der Waals surface area (Å²) in [5.41, 5.74) is 3.46. The molecular weight excluding hydrogens is 430 g/mol. The highest BCUT2D eigenvalue weighted by Crippen LogP contribution is 2.29. The van der Waals surface area contributed by atoms with Gasteiger partial charge in [-0.3, -0.25) is 19.6 Å². The molecule has 170 valence electrons. The van der Waals surface area contributed by atoms with E-state index < -0.39 is 23.4 Å². The average Bonchev–Trinajstić information content (AvgIpc) is 3.49. The predicted molar refractivity (Wildman–Crippen MR) is 120 cm³/mol. The molecule has 0 spiro atoms. The van der Waals surface area contributed by atoms with Crippen LogP contribution in [0.25, 0.3) is 5.69 Å². The first-order valence-electron chi connectivity index (χ1n) is 10.7. The molecule has 1 atom stereocenters. The smallest absolute Gasteiger partial charge is 0.341 e. The third-order valence-corrected chi connectivity index (χ3v) is 6.76. The second-order valence-electron chi connectivity index (χ2n) is 8.23. The first-order valence-corrected chi connectivity index (χ1v) is 11.7. The van der Waals surface area contributed by atoms with Crippen LogP contribution < -0.4 is 15.6 Å². The maximum atomic E-state index is 12.5. The van der Waals surface area contributed by atoms with Crippen LogP contribution in [0.3, 0.4) is 0 Å². The van der Waals surface area contributed by atoms with Crippen molar-refractivity contribution in [3.63, 3.8) is 0 Å². The van der Waals surface area contributed by atoms with Crippen LogP contribution in [-0.4, -0.2) is 62.0 Å². The first-order chi connectivity index (χ1) is 15.3. The van der Waals surface area contributed by atoms with Crippen molar-refractivity contribution in [2.24, 2.45) is 0 Å². The van der Waals surface area contributed by atoms with E-state index in [-0.39, 0.29) is 5.75 Å². The third-order valence-electron chi connectivity index (χ3n) is 5.83. The number of thioether (sulfide) groups is 1. The molecule has 32 heavy (non-hydrogen) atoms. The monoisotopic (exact) mass is 457 g/mol. The summed E-state index contributed by atoms with van der Waals surface area (Å²) < 4.78 is 1.95. The molecule has 3 heterocycles. The molecule has 4 amide bonds. The Bertz CT molecular complexity index is 1030. The van der Waals surface area contributed by atoms with Crippen molar-refractivity contribution in [2.45, 2.75) is 50.7 Å². The van der Waals surface area contributed by atoms with Gasteiger partial charge < -0.3 is 10.2 Å². The van der Waals surface area contributed by atoms with Gasteiger partial charge in [0.15, 0.2) is 5.16 Å². The number of carbonyl (C=O) groups is 3. The number of nitrogens with one attached hydrogen (secondary N) is 2. The van der Waals surface area contributed by atoms with Crippen LogP contribution in [0.4, 0.5) is 10.7 Å². The molecule has 0 unspecified atom stereocenters. The molecule has 10 nitrogen and oxygen atoms in total. The largest absolute Gasteiger partial charge is 0.344 e. The summed E-state index contributed by atoms with van der Waals surface area (Å²) in [4.78, 5) is 39.3. The number of hydrogen-bond donors (Lipinski definition) is 2. The number of amides is 4. The van der Waals surface area contributed by atoms with Gasteiger partial charge in [-0.1, -0.05) is 36.4 Å². The average molecular weight is 458 g/mol. The second kappa shape index (κ2) is 8.81. The Morgan fingerprint density at radius 2 is 1.88 bits per heavy atom. The summed E-state index contributed by atoms with van der Waals surface area (Å²) in [5.74, 6) is -0.214. The van der Waals surface area contributed by atoms with E-state index in [2.05, 4.69) is 25.8 Å². The minimum absolute atomic E-state index is 0.0239. The molecule has 2 fully saturated rings. The second-order valence-corrected chi connectivity index (χ2v) is 9.17. The topological polar surface area (TPSA) is 112 Å². The Kier molecular flexibility index (Phi) is 6.09. The van der Waals surface area contributed by atoms with Gasteiger partial charge in [-0.2, -0.15) is 5.01 Å². The molecule has 0 aliphatic carbocycles. The third kappa shape index (κ3) is 4.16. The standard InChI is InChI=1S/C21H27N7O3S/c1-4-21(3)17(30)28(19(31)22-21)25-16(29)13-32-20-24-23-18(26-11-5-6-12-26)27(20)15-9-7-14(2)8-10-15/h7-10H,4-6,11-13H2,1-3H3,(H,22,31)(H,25,29)/t21-/m1/s1. The highest BCUT2D eigenvalue weighted by molar-refractivity contribution is 7.99. The zero-order chi connectivity index (χ0) is 22.9. The molecule has 0 saturated carbocycles. The first kappa shape index (κ1) is 22.1. The summed E-state index contributed by atoms with van der Waals surface area (Å²) in [6, 6.07) is 7.42. The van der Waals surface area contributed by atoms with Gasteiger partial charge in [0.1, 0.15) is 5.54 Å². The minimum atomic E-state index is -1.01. The number of urea groups is 1. The van der Waals surface area contributed by atoms with E-state index in [1.54, 1.807) is 13.8 Å². The molecule has 2 aromatic rings. The lowest BCUT2D eigenvalue weighted by atomic mass is 10.00. The summed E-state index contributed by atoms with van der Waals surface area (Å²) in [6.07, 6.45) is 2.64. The number of benzene rings is 1. The van der Waals surface area contributed by atoms with Crippen LogP contribution in [0.2, 0.25) is 0 Å². The highest BCUT2D eigenvalue weighted by atomic mass is 32.2. The molecule has 1 aromatic heterocycles. The number of carbonyl (C=O) groups excluding carboxylic acids is 3. The van der Waals surface area contributed by atoms with Crippen molar-refractivity contribution in [1.29, 1.82) is 0 Å². The lowest BCUT2D eigenvalue weighted by Crippen LogP contribution is -2.49. The lowest BCUT2D eigenvalue weighted by Gasteiger charge is -2.19. The van der Waals surface area contributed by atoms with Crippen molar-refractivity contribution in [3.05, 3.63) is 29.8 Å². The zero-order valence-electron chi connectivity index (χ0n) is 18.4. The molecule has 0 bridgehead atoms. The van der Waals surface area contributed by atoms with Crippen LogP contribution >= 0.6 is 11.8 Å². The quantitative estimate of drug-likeness (QED) is 0.483. The molecule has 11 heteroatoms. The maximum Gasteiger partial charge on any atom is 0.344 e. The van der Waals surface area contributed by atoms with Crippen molar-refractivity contribution in [2.75, 3.05) is 23.7 Å². The number of aryl methyl sites for hydroxylation is 1. The summed E-state index contributed by atoms with van der Waals surface area (Å²) >= 11 is 1.21. The van der Waals surface area contributed by atoms with E-state index in [0.29, 0.717) is 11.6 Å². The van der Waals surface area contributed by atoms with E-state index in [4.69, 9.17) is 0 Å². The van der Waals surface area contributed by atoms with Crippen molar-refractivity contribution in [1.82, 2.24) is 30.5 Å². The zero-order valence-corrected chi connectivity index (χ0v) is 19.2. The fourth-order valence-corrected chi connectivity index (χ4v) is 4.45. The lowest BCUT2D eigenvalue weighted by molar-refractivity contribution is -0.137. The minimum Gasteiger partial charge on any atom is -0.341 e. The normalized spacial score (nSPS) is 20.7. The Morgan fingerprint density at radius 3 is 2.50 bits per heavy atom. The van der Waals surface area contributed by atoms with E-state index in [9.17, 15) is 14.4 Å². The van der Waals surface area contributed by atoms with Gasteiger partial charge in [0.25, 0.3) is 5.91 Å². The van der Waals surface area contributed by atoms with Crippen molar-refractivity contribution >= 4 is 35.6 Å². The van der Waals surface area contributed by atoms with E-state index in [1.807, 2.05) is 35.8 Å². The number of imide groups is 1. The Hall–Kier alpha value is -3.08. The number of hydrazine groups is 1. The van der Waals surface area contributed by atoms with Gasteiger partial charge in [-0.15, -0.1) is 10.2 Å². The number of hydrogen-bond acceptors (Lipinski definition) is 7. The van der Waals surface area contributed by atoms with Crippen LogP contribution in [-0.2, 0) is 9.59 Å². The number of nitrogens with zero attached hydrogens (tertiary/aromatic N) is 5. The predicted octanol–water partition coefficient (Wildman–Crippen LogP) is 2.02. The molecule has 1 aromatic carbocycles. The van der Waals surface area contributed by atoms with Crippen LogP contribution in [0.5, 0.6) is 0 Å². The fraction of sp³-hybridized carbons (Fsp3) is 0.476. The Labute approximate surface area is 190 Å². The molecule has 2 N–H and O–H groups in total. The van der Waals surface area contributed by atoms with Gasteiger partial charge in [-0.25, -0.2) is 4.79 Å². The van der Waals surface area contributed by atoms with E-state index >= 15 is 0 Å². The molecule has 2 aliphatic rings. The fourth-order valence-electron chi connectivity index (χ4n) is 3.71. The summed E-state index contributed by atoms with van der Waals surface area (Å²) in [6.45, 7) is 7.29. The number of aromatic nitrogens is 3. The van der Waals surface area contributed by atoms with Gasteiger partial charge in [0, 0.05) is 13.1 Å². The van der Waals surface area contributed by atoms with Crippen molar-refractivity contribution in [3.8, 4) is 5.69 Å². The van der Waals surface area contributed by atoms with E-state index in [0.717, 1.165) is 48.1 Å². The van der Waals surface area contributed by atoms with Crippen molar-refractivity contribution < 1.29 is 14.4 Å². The summed E-state index contributed by atoms with van der Waals surface area (Å²) in [7, 11) is 0. The summed E-state index contributed by atoms with van der Waals surface area (Å²) in [5, 5.41) is 12.7. The Balaban J connectivity index is 1.49. The molecule has 4 rings (SSSR count). The molecule has 2 saturated heterocycles. The molecule has 0 radical (unpaired) electrons.